The Morgan fingerprint density at radius 3 is 2.40 bits per heavy atom. The average molecular weight is 251 g/mol. The molecule has 6 heteroatoms. The molecule has 0 unspecified atom stereocenters. The summed E-state index contributed by atoms with van der Waals surface area (Å²) < 4.78 is 17.2. The lowest BCUT2D eigenvalue weighted by atomic mass is 10.1. The molecule has 0 aliphatic carbocycles. The quantitative estimate of drug-likeness (QED) is 0.351. The van der Waals surface area contributed by atoms with Crippen molar-refractivity contribution in [3.05, 3.63) is 33.6 Å². The molecule has 0 atom stereocenters. The van der Waals surface area contributed by atoms with E-state index in [1.807, 2.05) is 0 Å². The summed E-state index contributed by atoms with van der Waals surface area (Å²) in [6.45, 7) is 0. The molecule has 0 bridgehead atoms. The van der Waals surface area contributed by atoms with Crippen LogP contribution in [0.3, 0.4) is 0 Å². The Bertz CT molecular complexity index is 432. The van der Waals surface area contributed by atoms with E-state index in [0.29, 0.717) is 0 Å². The number of rotatable bonds is 2. The third-order valence-corrected chi connectivity index (χ3v) is 2.23. The molecule has 0 radical (unpaired) electrons. The molecule has 0 spiro atoms. The van der Waals surface area contributed by atoms with Crippen molar-refractivity contribution in [2.75, 3.05) is 7.11 Å². The number of hydrogen-bond acceptors (Lipinski definition) is 3. The van der Waals surface area contributed by atoms with Gasteiger partial charge in [0, 0.05) is 0 Å². The van der Waals surface area contributed by atoms with Gasteiger partial charge in [-0.15, -0.1) is 0 Å². The van der Waals surface area contributed by atoms with Crippen LogP contribution in [-0.4, -0.2) is 18.9 Å². The van der Waals surface area contributed by atoms with Gasteiger partial charge in [-0.2, -0.15) is 0 Å². The van der Waals surface area contributed by atoms with E-state index >= 15 is 0 Å². The third-order valence-electron chi connectivity index (χ3n) is 1.63. The standard InChI is InChI=1S/C9H5Cl2FO3/c1-15-9(14)8(13)4-2-7(12)6(11)3-5(4)10/h2-3H,1H3. The van der Waals surface area contributed by atoms with Crippen molar-refractivity contribution >= 4 is 35.0 Å². The van der Waals surface area contributed by atoms with Crippen LogP contribution in [0.2, 0.25) is 10.0 Å². The van der Waals surface area contributed by atoms with Crippen molar-refractivity contribution in [1.82, 2.24) is 0 Å². The summed E-state index contributed by atoms with van der Waals surface area (Å²) >= 11 is 11.0. The van der Waals surface area contributed by atoms with E-state index in [2.05, 4.69) is 4.74 Å². The highest BCUT2D eigenvalue weighted by Crippen LogP contribution is 2.24. The zero-order valence-electron chi connectivity index (χ0n) is 7.51. The number of hydrogen-bond donors (Lipinski definition) is 0. The number of benzene rings is 1. The van der Waals surface area contributed by atoms with Crippen LogP contribution in [0.15, 0.2) is 12.1 Å². The second-order valence-corrected chi connectivity index (χ2v) is 3.38. The molecule has 1 aromatic carbocycles. The number of esters is 1. The molecule has 0 aliphatic heterocycles. The maximum atomic E-state index is 13.0. The molecular formula is C9H5Cl2FO3. The SMILES string of the molecule is COC(=O)C(=O)c1cc(F)c(Cl)cc1Cl. The molecule has 0 amide bonds. The third kappa shape index (κ3) is 2.46. The second kappa shape index (κ2) is 4.59. The largest absolute Gasteiger partial charge is 0.463 e. The summed E-state index contributed by atoms with van der Waals surface area (Å²) in [5, 5.41) is -0.321. The zero-order valence-corrected chi connectivity index (χ0v) is 9.03. The van der Waals surface area contributed by atoms with E-state index in [1.165, 1.54) is 0 Å². The fourth-order valence-corrected chi connectivity index (χ4v) is 1.37. The van der Waals surface area contributed by atoms with E-state index in [1.54, 1.807) is 0 Å². The van der Waals surface area contributed by atoms with Crippen LogP contribution in [0.25, 0.3) is 0 Å². The summed E-state index contributed by atoms with van der Waals surface area (Å²) in [5.74, 6) is -2.95. The van der Waals surface area contributed by atoms with Crippen molar-refractivity contribution in [3.63, 3.8) is 0 Å². The monoisotopic (exact) mass is 250 g/mol. The Labute approximate surface area is 94.7 Å². The fourth-order valence-electron chi connectivity index (χ4n) is 0.899. The minimum atomic E-state index is -1.11. The maximum Gasteiger partial charge on any atom is 0.379 e. The molecular weight excluding hydrogens is 246 g/mol. The number of carbonyl (C=O) groups is 2. The molecule has 0 heterocycles. The second-order valence-electron chi connectivity index (χ2n) is 2.57. The normalized spacial score (nSPS) is 9.87. The van der Waals surface area contributed by atoms with Crippen molar-refractivity contribution < 1.29 is 18.7 Å². The number of halogens is 3. The molecule has 80 valence electrons. The van der Waals surface area contributed by atoms with E-state index in [4.69, 9.17) is 23.2 Å². The predicted octanol–water partition coefficient (Wildman–Crippen LogP) is 2.49. The zero-order chi connectivity index (χ0) is 11.6. The predicted molar refractivity (Wildman–Crippen MR) is 52.8 cm³/mol. The number of Topliss-reactive ketones (excluding diaryl/α,β-unsaturated/α-hetero) is 1. The van der Waals surface area contributed by atoms with E-state index in [-0.39, 0.29) is 15.6 Å². The van der Waals surface area contributed by atoms with Crippen LogP contribution in [-0.2, 0) is 9.53 Å². The molecule has 0 aliphatic rings. The first-order valence-electron chi connectivity index (χ1n) is 3.74. The van der Waals surface area contributed by atoms with Gasteiger partial charge in [-0.05, 0) is 12.1 Å². The number of carbonyl (C=O) groups excluding carboxylic acids is 2. The van der Waals surface area contributed by atoms with E-state index < -0.39 is 17.6 Å². The molecule has 1 aromatic rings. The molecule has 15 heavy (non-hydrogen) atoms. The number of methoxy groups -OCH3 is 1. The lowest BCUT2D eigenvalue weighted by molar-refractivity contribution is -0.135. The highest BCUT2D eigenvalue weighted by Gasteiger charge is 2.21. The van der Waals surface area contributed by atoms with Crippen molar-refractivity contribution in [2.24, 2.45) is 0 Å². The highest BCUT2D eigenvalue weighted by molar-refractivity contribution is 6.46. The van der Waals surface area contributed by atoms with Gasteiger partial charge >= 0.3 is 5.97 Å². The summed E-state index contributed by atoms with van der Waals surface area (Å²) in [5.41, 5.74) is -0.273. The Morgan fingerprint density at radius 1 is 1.27 bits per heavy atom. The lowest BCUT2D eigenvalue weighted by Crippen LogP contribution is -2.16. The first-order valence-corrected chi connectivity index (χ1v) is 4.50. The van der Waals surface area contributed by atoms with Crippen LogP contribution < -0.4 is 0 Å². The van der Waals surface area contributed by atoms with Gasteiger partial charge < -0.3 is 4.74 Å². The lowest BCUT2D eigenvalue weighted by Gasteiger charge is -2.03. The van der Waals surface area contributed by atoms with Gasteiger partial charge in [0.1, 0.15) is 5.82 Å². The Kier molecular flexibility index (Phi) is 3.66. The first-order chi connectivity index (χ1) is 6.97. The van der Waals surface area contributed by atoms with Gasteiger partial charge in [0.25, 0.3) is 5.78 Å². The summed E-state index contributed by atoms with van der Waals surface area (Å²) in [6, 6.07) is 1.85. The van der Waals surface area contributed by atoms with Crippen molar-refractivity contribution in [3.8, 4) is 0 Å². The minimum Gasteiger partial charge on any atom is -0.463 e. The van der Waals surface area contributed by atoms with Crippen LogP contribution in [0.4, 0.5) is 4.39 Å². The fraction of sp³-hybridized carbons (Fsp3) is 0.111. The van der Waals surface area contributed by atoms with Gasteiger partial charge in [-0.1, -0.05) is 23.2 Å². The van der Waals surface area contributed by atoms with Crippen molar-refractivity contribution in [2.45, 2.75) is 0 Å². The van der Waals surface area contributed by atoms with Crippen LogP contribution in [0, 0.1) is 5.82 Å². The number of ether oxygens (including phenoxy) is 1. The maximum absolute atomic E-state index is 13.0. The van der Waals surface area contributed by atoms with Gasteiger partial charge in [0.15, 0.2) is 0 Å². The smallest absolute Gasteiger partial charge is 0.379 e. The summed E-state index contributed by atoms with van der Waals surface area (Å²) in [6.07, 6.45) is 0. The molecule has 3 nitrogen and oxygen atoms in total. The Hall–Kier alpha value is -1.13. The minimum absolute atomic E-state index is 0.100. The molecule has 0 fully saturated rings. The Morgan fingerprint density at radius 2 is 1.87 bits per heavy atom. The van der Waals surface area contributed by atoms with Crippen molar-refractivity contribution in [1.29, 1.82) is 0 Å². The Balaban J connectivity index is 3.21. The average Bonchev–Trinajstić information content (AvgIpc) is 2.21. The first kappa shape index (κ1) is 11.9. The van der Waals surface area contributed by atoms with Crippen LogP contribution >= 0.6 is 23.2 Å². The van der Waals surface area contributed by atoms with Gasteiger partial charge in [-0.3, -0.25) is 4.79 Å². The van der Waals surface area contributed by atoms with Gasteiger partial charge in [-0.25, -0.2) is 9.18 Å². The molecule has 0 N–H and O–H groups in total. The number of ketones is 1. The summed E-state index contributed by atoms with van der Waals surface area (Å²) in [7, 11) is 1.04. The topological polar surface area (TPSA) is 43.4 Å². The van der Waals surface area contributed by atoms with Crippen LogP contribution in [0.5, 0.6) is 0 Å². The van der Waals surface area contributed by atoms with Crippen LogP contribution in [0.1, 0.15) is 10.4 Å². The molecule has 1 rings (SSSR count). The molecule has 0 aromatic heterocycles. The van der Waals surface area contributed by atoms with E-state index in [9.17, 15) is 14.0 Å². The molecule has 0 saturated heterocycles. The molecule has 0 saturated carbocycles. The van der Waals surface area contributed by atoms with E-state index in [0.717, 1.165) is 19.2 Å². The van der Waals surface area contributed by atoms with Gasteiger partial charge in [0.2, 0.25) is 0 Å². The van der Waals surface area contributed by atoms with Gasteiger partial charge in [0.05, 0.1) is 22.7 Å². The summed E-state index contributed by atoms with van der Waals surface area (Å²) in [4.78, 5) is 22.2. The highest BCUT2D eigenvalue weighted by atomic mass is 35.5.